The van der Waals surface area contributed by atoms with Crippen molar-refractivity contribution in [1.82, 2.24) is 20.2 Å². The Labute approximate surface area is 231 Å². The molecule has 1 aromatic heterocycles. The van der Waals surface area contributed by atoms with Crippen LogP contribution in [0.15, 0.2) is 107 Å². The minimum atomic E-state index is -0.467. The second-order valence-corrected chi connectivity index (χ2v) is 9.99. The molecule has 9 heteroatoms. The molecule has 1 heterocycles. The molecule has 1 atom stereocenters. The molecular formula is C30H28N6O2S. The van der Waals surface area contributed by atoms with Gasteiger partial charge in [0.1, 0.15) is 5.75 Å². The minimum Gasteiger partial charge on any atom is -0.496 e. The van der Waals surface area contributed by atoms with Crippen LogP contribution >= 0.6 is 11.8 Å². The molecule has 0 spiro atoms. The third kappa shape index (κ3) is 6.10. The van der Waals surface area contributed by atoms with E-state index < -0.39 is 5.25 Å². The maximum atomic E-state index is 12.8. The molecule has 1 amide bonds. The summed E-state index contributed by atoms with van der Waals surface area (Å²) in [6, 6.07) is 31.8. The van der Waals surface area contributed by atoms with Crippen LogP contribution in [-0.2, 0) is 11.3 Å². The number of aromatic nitrogens is 3. The number of anilines is 1. The topological polar surface area (TPSA) is 93.4 Å². The van der Waals surface area contributed by atoms with Crippen LogP contribution in [0.5, 0.6) is 5.75 Å². The first-order valence-corrected chi connectivity index (χ1v) is 13.4. The lowest BCUT2D eigenvalue weighted by atomic mass is 10.1. The molecule has 0 saturated heterocycles. The fraction of sp³-hybridized carbons (Fsp3) is 0.133. The lowest BCUT2D eigenvalue weighted by molar-refractivity contribution is -0.120. The number of thioether (sulfide) groups is 1. The van der Waals surface area contributed by atoms with Gasteiger partial charge in [0, 0.05) is 22.3 Å². The van der Waals surface area contributed by atoms with E-state index in [9.17, 15) is 4.79 Å². The molecule has 5 rings (SSSR count). The van der Waals surface area contributed by atoms with Crippen LogP contribution in [0.2, 0.25) is 0 Å². The molecule has 5 aromatic rings. The number of para-hydroxylation sites is 2. The van der Waals surface area contributed by atoms with E-state index in [0.29, 0.717) is 17.5 Å². The SMILES string of the molecule is COc1ccccc1C=NNC(=O)[C@@H](C)Sc1nnc(CNc2cccc3ccccc23)n1-c1ccccc1. The summed E-state index contributed by atoms with van der Waals surface area (Å²) >= 11 is 1.32. The van der Waals surface area contributed by atoms with Gasteiger partial charge in [-0.3, -0.25) is 9.36 Å². The van der Waals surface area contributed by atoms with Gasteiger partial charge in [0.05, 0.1) is 25.1 Å². The molecule has 0 aliphatic heterocycles. The van der Waals surface area contributed by atoms with E-state index in [2.05, 4.69) is 50.3 Å². The number of carbonyl (C=O) groups is 1. The van der Waals surface area contributed by atoms with Crippen LogP contribution in [0.25, 0.3) is 16.5 Å². The van der Waals surface area contributed by atoms with E-state index in [-0.39, 0.29) is 5.91 Å². The number of rotatable bonds is 10. The maximum Gasteiger partial charge on any atom is 0.253 e. The van der Waals surface area contributed by atoms with E-state index in [1.54, 1.807) is 13.3 Å². The Hall–Kier alpha value is -4.63. The first-order chi connectivity index (χ1) is 19.1. The molecule has 0 bridgehead atoms. The van der Waals surface area contributed by atoms with Crippen molar-refractivity contribution in [2.45, 2.75) is 23.9 Å². The number of nitrogens with zero attached hydrogens (tertiary/aromatic N) is 4. The van der Waals surface area contributed by atoms with Gasteiger partial charge in [0.2, 0.25) is 0 Å². The van der Waals surface area contributed by atoms with Crippen molar-refractivity contribution in [2.75, 3.05) is 12.4 Å². The number of carbonyl (C=O) groups excluding carboxylic acids is 1. The Morgan fingerprint density at radius 2 is 1.72 bits per heavy atom. The van der Waals surface area contributed by atoms with Gasteiger partial charge in [-0.25, -0.2) is 5.43 Å². The van der Waals surface area contributed by atoms with E-state index in [1.807, 2.05) is 84.3 Å². The van der Waals surface area contributed by atoms with Crippen molar-refractivity contribution in [2.24, 2.45) is 5.10 Å². The maximum absolute atomic E-state index is 12.8. The van der Waals surface area contributed by atoms with Gasteiger partial charge < -0.3 is 10.1 Å². The first kappa shape index (κ1) is 26.0. The van der Waals surface area contributed by atoms with Gasteiger partial charge in [-0.2, -0.15) is 5.10 Å². The summed E-state index contributed by atoms with van der Waals surface area (Å²) in [7, 11) is 1.60. The van der Waals surface area contributed by atoms with Crippen LogP contribution in [0, 0.1) is 0 Å². The van der Waals surface area contributed by atoms with E-state index in [1.165, 1.54) is 11.8 Å². The standard InChI is InChI=1S/C30H28N6O2S/c1-21(29(37)34-32-19-23-12-7-9-18-27(23)38-2)39-30-35-33-28(36(30)24-14-4-3-5-15-24)20-31-26-17-10-13-22-11-6-8-16-25(22)26/h3-19,21,31H,20H2,1-2H3,(H,34,37)/t21-/m1/s1. The van der Waals surface area contributed by atoms with Crippen molar-refractivity contribution in [3.63, 3.8) is 0 Å². The number of hydrazone groups is 1. The van der Waals surface area contributed by atoms with Crippen molar-refractivity contribution in [1.29, 1.82) is 0 Å². The zero-order chi connectivity index (χ0) is 27.0. The number of benzene rings is 4. The Balaban J connectivity index is 1.32. The molecule has 2 N–H and O–H groups in total. The summed E-state index contributed by atoms with van der Waals surface area (Å²) < 4.78 is 7.30. The lowest BCUT2D eigenvalue weighted by Gasteiger charge is -2.14. The minimum absolute atomic E-state index is 0.246. The number of ether oxygens (including phenoxy) is 1. The monoisotopic (exact) mass is 536 g/mol. The normalized spacial score (nSPS) is 11.9. The molecular weight excluding hydrogens is 508 g/mol. The van der Waals surface area contributed by atoms with E-state index in [0.717, 1.165) is 33.5 Å². The Morgan fingerprint density at radius 3 is 2.56 bits per heavy atom. The molecule has 4 aromatic carbocycles. The highest BCUT2D eigenvalue weighted by Gasteiger charge is 2.21. The fourth-order valence-corrected chi connectivity index (χ4v) is 5.00. The Bertz CT molecular complexity index is 1600. The van der Waals surface area contributed by atoms with Gasteiger partial charge in [-0.05, 0) is 42.6 Å². The Morgan fingerprint density at radius 1 is 0.974 bits per heavy atom. The number of hydrogen-bond acceptors (Lipinski definition) is 7. The summed E-state index contributed by atoms with van der Waals surface area (Å²) in [6.45, 7) is 2.27. The number of nitrogens with one attached hydrogen (secondary N) is 2. The zero-order valence-electron chi connectivity index (χ0n) is 21.6. The van der Waals surface area contributed by atoms with Crippen LogP contribution in [-0.4, -0.2) is 39.2 Å². The number of hydrogen-bond donors (Lipinski definition) is 2. The Kier molecular flexibility index (Phi) is 8.18. The van der Waals surface area contributed by atoms with Gasteiger partial charge >= 0.3 is 0 Å². The lowest BCUT2D eigenvalue weighted by Crippen LogP contribution is -2.27. The third-order valence-electron chi connectivity index (χ3n) is 6.11. The second-order valence-electron chi connectivity index (χ2n) is 8.69. The molecule has 0 aliphatic carbocycles. The highest BCUT2D eigenvalue weighted by atomic mass is 32.2. The number of methoxy groups -OCH3 is 1. The molecule has 196 valence electrons. The summed E-state index contributed by atoms with van der Waals surface area (Å²) in [6.07, 6.45) is 1.57. The van der Waals surface area contributed by atoms with E-state index in [4.69, 9.17) is 4.74 Å². The summed E-state index contributed by atoms with van der Waals surface area (Å²) in [5, 5.41) is 19.0. The van der Waals surface area contributed by atoms with Crippen molar-refractivity contribution >= 4 is 40.3 Å². The average Bonchev–Trinajstić information content (AvgIpc) is 3.38. The highest BCUT2D eigenvalue weighted by molar-refractivity contribution is 8.00. The van der Waals surface area contributed by atoms with Crippen molar-refractivity contribution in [3.05, 3.63) is 108 Å². The smallest absolute Gasteiger partial charge is 0.253 e. The van der Waals surface area contributed by atoms with Gasteiger partial charge in [-0.15, -0.1) is 10.2 Å². The second kappa shape index (κ2) is 12.3. The predicted molar refractivity (Wildman–Crippen MR) is 157 cm³/mol. The third-order valence-corrected chi connectivity index (χ3v) is 7.15. The highest BCUT2D eigenvalue weighted by Crippen LogP contribution is 2.28. The molecule has 0 aliphatic rings. The molecule has 8 nitrogen and oxygen atoms in total. The van der Waals surface area contributed by atoms with Crippen LogP contribution in [0.1, 0.15) is 18.3 Å². The van der Waals surface area contributed by atoms with Gasteiger partial charge in [-0.1, -0.05) is 78.5 Å². The number of fused-ring (bicyclic) bond motifs is 1. The quantitative estimate of drug-likeness (QED) is 0.136. The molecule has 0 radical (unpaired) electrons. The summed E-state index contributed by atoms with van der Waals surface area (Å²) in [4.78, 5) is 12.8. The van der Waals surface area contributed by atoms with Gasteiger partial charge in [0.15, 0.2) is 11.0 Å². The predicted octanol–water partition coefficient (Wildman–Crippen LogP) is 5.67. The largest absolute Gasteiger partial charge is 0.496 e. The molecule has 0 fully saturated rings. The summed E-state index contributed by atoms with van der Waals surface area (Å²) in [5.74, 6) is 1.17. The van der Waals surface area contributed by atoms with Crippen molar-refractivity contribution < 1.29 is 9.53 Å². The van der Waals surface area contributed by atoms with Gasteiger partial charge in [0.25, 0.3) is 5.91 Å². The molecule has 0 unspecified atom stereocenters. The molecule has 0 saturated carbocycles. The van der Waals surface area contributed by atoms with Crippen LogP contribution in [0.4, 0.5) is 5.69 Å². The first-order valence-electron chi connectivity index (χ1n) is 12.5. The average molecular weight is 537 g/mol. The number of amides is 1. The van der Waals surface area contributed by atoms with Crippen LogP contribution < -0.4 is 15.5 Å². The van der Waals surface area contributed by atoms with Crippen molar-refractivity contribution in [3.8, 4) is 11.4 Å². The van der Waals surface area contributed by atoms with E-state index >= 15 is 0 Å². The summed E-state index contributed by atoms with van der Waals surface area (Å²) in [5.41, 5.74) is 5.32. The zero-order valence-corrected chi connectivity index (χ0v) is 22.4. The fourth-order valence-electron chi connectivity index (χ4n) is 4.12. The molecule has 39 heavy (non-hydrogen) atoms. The van der Waals surface area contributed by atoms with Crippen LogP contribution in [0.3, 0.4) is 0 Å².